The van der Waals surface area contributed by atoms with E-state index in [4.69, 9.17) is 4.74 Å². The summed E-state index contributed by atoms with van der Waals surface area (Å²) >= 11 is 0. The summed E-state index contributed by atoms with van der Waals surface area (Å²) in [6.07, 6.45) is -4.53. The molecule has 1 aliphatic rings. The first-order valence-electron chi connectivity index (χ1n) is 9.63. The summed E-state index contributed by atoms with van der Waals surface area (Å²) in [6, 6.07) is 25.7. The van der Waals surface area contributed by atoms with E-state index in [9.17, 15) is 13.2 Å². The Morgan fingerprint density at radius 1 is 0.862 bits per heavy atom. The zero-order chi connectivity index (χ0) is 20.4. The molecule has 150 valence electrons. The predicted octanol–water partition coefficient (Wildman–Crippen LogP) is 5.95. The van der Waals surface area contributed by atoms with Crippen molar-refractivity contribution in [2.75, 3.05) is 6.54 Å². The lowest BCUT2D eigenvalue weighted by Gasteiger charge is -2.50. The van der Waals surface area contributed by atoms with Crippen molar-refractivity contribution < 1.29 is 17.9 Å². The number of halogens is 3. The van der Waals surface area contributed by atoms with Crippen molar-refractivity contribution in [1.29, 1.82) is 0 Å². The molecule has 0 N–H and O–H groups in total. The van der Waals surface area contributed by atoms with Gasteiger partial charge in [-0.1, -0.05) is 66.7 Å². The summed E-state index contributed by atoms with van der Waals surface area (Å²) in [5.74, 6) is 0.257. The van der Waals surface area contributed by atoms with E-state index in [1.165, 1.54) is 17.2 Å². The molecule has 29 heavy (non-hydrogen) atoms. The Bertz CT molecular complexity index is 904. The highest BCUT2D eigenvalue weighted by atomic mass is 19.4. The van der Waals surface area contributed by atoms with Crippen LogP contribution in [0.25, 0.3) is 0 Å². The first-order valence-corrected chi connectivity index (χ1v) is 9.63. The van der Waals surface area contributed by atoms with Crippen molar-refractivity contribution in [2.45, 2.75) is 31.3 Å². The van der Waals surface area contributed by atoms with Gasteiger partial charge >= 0.3 is 6.18 Å². The quantitative estimate of drug-likeness (QED) is 0.528. The minimum Gasteiger partial charge on any atom is -0.487 e. The van der Waals surface area contributed by atoms with Crippen LogP contribution in [0.3, 0.4) is 0 Å². The van der Waals surface area contributed by atoms with E-state index in [0.717, 1.165) is 12.1 Å². The minimum absolute atomic E-state index is 0.0648. The van der Waals surface area contributed by atoms with Gasteiger partial charge in [0.25, 0.3) is 0 Å². The second kappa shape index (κ2) is 7.91. The minimum atomic E-state index is -4.37. The van der Waals surface area contributed by atoms with Crippen LogP contribution >= 0.6 is 0 Å². The number of hydrogen-bond donors (Lipinski definition) is 0. The topological polar surface area (TPSA) is 12.5 Å². The molecule has 1 fully saturated rings. The summed E-state index contributed by atoms with van der Waals surface area (Å²) in [5, 5.41) is 0. The van der Waals surface area contributed by atoms with Crippen molar-refractivity contribution in [2.24, 2.45) is 0 Å². The maximum Gasteiger partial charge on any atom is 0.416 e. The molecule has 0 spiro atoms. The number of nitrogens with zero attached hydrogens (tertiary/aromatic N) is 1. The van der Waals surface area contributed by atoms with Gasteiger partial charge in [0.1, 0.15) is 11.9 Å². The van der Waals surface area contributed by atoms with Crippen LogP contribution in [-0.2, 0) is 6.18 Å². The predicted molar refractivity (Wildman–Crippen MR) is 107 cm³/mol. The van der Waals surface area contributed by atoms with Gasteiger partial charge in [0.05, 0.1) is 11.6 Å². The lowest BCUT2D eigenvalue weighted by Crippen LogP contribution is -2.62. The second-order valence-corrected chi connectivity index (χ2v) is 7.34. The molecule has 0 bridgehead atoms. The third kappa shape index (κ3) is 4.15. The van der Waals surface area contributed by atoms with E-state index in [2.05, 4.69) is 36.1 Å². The molecule has 1 aliphatic heterocycles. The highest BCUT2D eigenvalue weighted by molar-refractivity contribution is 5.34. The molecule has 2 unspecified atom stereocenters. The fraction of sp³-hybridized carbons (Fsp3) is 0.250. The van der Waals surface area contributed by atoms with Crippen LogP contribution in [0.4, 0.5) is 13.2 Å². The number of benzene rings is 3. The van der Waals surface area contributed by atoms with Gasteiger partial charge in [0, 0.05) is 12.6 Å². The molecular weight excluding hydrogens is 375 g/mol. The highest BCUT2D eigenvalue weighted by Gasteiger charge is 2.42. The van der Waals surface area contributed by atoms with E-state index in [-0.39, 0.29) is 23.9 Å². The van der Waals surface area contributed by atoms with E-state index >= 15 is 0 Å². The van der Waals surface area contributed by atoms with Crippen LogP contribution < -0.4 is 4.74 Å². The van der Waals surface area contributed by atoms with Crippen molar-refractivity contribution in [1.82, 2.24) is 4.90 Å². The molecule has 0 saturated carbocycles. The Kier molecular flexibility index (Phi) is 5.33. The molecule has 1 saturated heterocycles. The van der Waals surface area contributed by atoms with E-state index in [1.807, 2.05) is 36.4 Å². The van der Waals surface area contributed by atoms with Crippen molar-refractivity contribution in [3.8, 4) is 5.75 Å². The third-order valence-electron chi connectivity index (χ3n) is 5.46. The van der Waals surface area contributed by atoms with Gasteiger partial charge in [-0.25, -0.2) is 0 Å². The normalized spacial score (nSPS) is 19.8. The summed E-state index contributed by atoms with van der Waals surface area (Å²) in [7, 11) is 0. The second-order valence-electron chi connectivity index (χ2n) is 7.34. The van der Waals surface area contributed by atoms with Gasteiger partial charge in [-0.2, -0.15) is 13.2 Å². The van der Waals surface area contributed by atoms with Crippen LogP contribution in [-0.4, -0.2) is 23.6 Å². The molecule has 2 atom stereocenters. The SMILES string of the molecule is CC1C(Oc2cccc(C(F)(F)F)c2)CN1C(c1ccccc1)c1ccccc1. The average molecular weight is 397 g/mol. The van der Waals surface area contributed by atoms with Crippen molar-refractivity contribution in [3.05, 3.63) is 102 Å². The molecule has 5 heteroatoms. The Balaban J connectivity index is 1.52. The Labute approximate surface area is 168 Å². The molecular formula is C24H22F3NO. The van der Waals surface area contributed by atoms with Gasteiger partial charge in [0.2, 0.25) is 0 Å². The fourth-order valence-corrected chi connectivity index (χ4v) is 3.85. The number of rotatable bonds is 5. The molecule has 0 aromatic heterocycles. The summed E-state index contributed by atoms with van der Waals surface area (Å²) in [4.78, 5) is 2.32. The van der Waals surface area contributed by atoms with Crippen LogP contribution in [0.1, 0.15) is 29.7 Å². The smallest absolute Gasteiger partial charge is 0.416 e. The standard InChI is InChI=1S/C24H22F3NO/c1-17-22(29-21-14-8-13-20(15-21)24(25,26)27)16-28(17)23(18-9-4-2-5-10-18)19-11-6-3-7-12-19/h2-15,17,22-23H,16H2,1H3. The maximum absolute atomic E-state index is 13.0. The fourth-order valence-electron chi connectivity index (χ4n) is 3.85. The maximum atomic E-state index is 13.0. The molecule has 0 radical (unpaired) electrons. The largest absolute Gasteiger partial charge is 0.487 e. The van der Waals surface area contributed by atoms with Gasteiger partial charge in [-0.15, -0.1) is 0 Å². The molecule has 4 rings (SSSR count). The van der Waals surface area contributed by atoms with E-state index in [1.54, 1.807) is 6.07 Å². The van der Waals surface area contributed by atoms with Gasteiger partial charge in [-0.3, -0.25) is 4.90 Å². The Morgan fingerprint density at radius 2 is 1.45 bits per heavy atom. The molecule has 3 aromatic carbocycles. The number of alkyl halides is 3. The molecule has 0 amide bonds. The number of hydrogen-bond acceptors (Lipinski definition) is 2. The number of ether oxygens (including phenoxy) is 1. The molecule has 1 heterocycles. The monoisotopic (exact) mass is 397 g/mol. The lowest BCUT2D eigenvalue weighted by molar-refractivity contribution is -0.137. The first kappa shape index (κ1) is 19.5. The van der Waals surface area contributed by atoms with Crippen molar-refractivity contribution >= 4 is 0 Å². The van der Waals surface area contributed by atoms with Crippen LogP contribution in [0.2, 0.25) is 0 Å². The van der Waals surface area contributed by atoms with Gasteiger partial charge in [0.15, 0.2) is 0 Å². The van der Waals surface area contributed by atoms with Crippen LogP contribution in [0.15, 0.2) is 84.9 Å². The molecule has 0 aliphatic carbocycles. The molecule has 3 aromatic rings. The van der Waals surface area contributed by atoms with Crippen LogP contribution in [0, 0.1) is 0 Å². The van der Waals surface area contributed by atoms with E-state index < -0.39 is 11.7 Å². The highest BCUT2D eigenvalue weighted by Crippen LogP contribution is 2.38. The number of likely N-dealkylation sites (tertiary alicyclic amines) is 1. The summed E-state index contributed by atoms with van der Waals surface area (Å²) in [5.41, 5.74) is 1.68. The van der Waals surface area contributed by atoms with Gasteiger partial charge in [-0.05, 0) is 36.2 Å². The van der Waals surface area contributed by atoms with E-state index in [0.29, 0.717) is 6.54 Å². The average Bonchev–Trinajstić information content (AvgIpc) is 2.74. The zero-order valence-corrected chi connectivity index (χ0v) is 16.0. The zero-order valence-electron chi connectivity index (χ0n) is 16.0. The van der Waals surface area contributed by atoms with Crippen LogP contribution in [0.5, 0.6) is 5.75 Å². The summed E-state index contributed by atoms with van der Waals surface area (Å²) < 4.78 is 44.8. The van der Waals surface area contributed by atoms with Crippen molar-refractivity contribution in [3.63, 3.8) is 0 Å². The van der Waals surface area contributed by atoms with Gasteiger partial charge < -0.3 is 4.74 Å². The Morgan fingerprint density at radius 3 is 1.97 bits per heavy atom. The summed E-state index contributed by atoms with van der Waals surface area (Å²) in [6.45, 7) is 2.70. The first-order chi connectivity index (χ1) is 13.9. The third-order valence-corrected chi connectivity index (χ3v) is 5.46. The Hall–Kier alpha value is -2.79. The molecule has 2 nitrogen and oxygen atoms in total. The lowest BCUT2D eigenvalue weighted by atomic mass is 9.89.